The SMILES string of the molecule is CCOc1ccc(S(=O)(=O)N2CCSC(c3cccs3)CC2)cc1C. The Labute approximate surface area is 158 Å². The Balaban J connectivity index is 1.77. The van der Waals surface area contributed by atoms with Crippen molar-refractivity contribution in [1.82, 2.24) is 4.31 Å². The summed E-state index contributed by atoms with van der Waals surface area (Å²) in [4.78, 5) is 1.69. The maximum Gasteiger partial charge on any atom is 0.243 e. The van der Waals surface area contributed by atoms with Crippen LogP contribution < -0.4 is 4.74 Å². The summed E-state index contributed by atoms with van der Waals surface area (Å²) in [6, 6.07) is 9.33. The molecule has 7 heteroatoms. The highest BCUT2D eigenvalue weighted by molar-refractivity contribution is 7.99. The predicted molar refractivity (Wildman–Crippen MR) is 105 cm³/mol. The number of sulfonamides is 1. The molecule has 0 bridgehead atoms. The monoisotopic (exact) mass is 397 g/mol. The summed E-state index contributed by atoms with van der Waals surface area (Å²) in [7, 11) is -3.46. The molecule has 1 aliphatic rings. The number of ether oxygens (including phenoxy) is 1. The summed E-state index contributed by atoms with van der Waals surface area (Å²) >= 11 is 3.60. The fourth-order valence-electron chi connectivity index (χ4n) is 2.94. The molecule has 0 aliphatic carbocycles. The highest BCUT2D eigenvalue weighted by Gasteiger charge is 2.29. The fourth-order valence-corrected chi connectivity index (χ4v) is 6.84. The lowest BCUT2D eigenvalue weighted by Crippen LogP contribution is -2.33. The third-order valence-corrected chi connectivity index (χ3v) is 8.59. The molecule has 0 radical (unpaired) electrons. The molecular weight excluding hydrogens is 374 g/mol. The van der Waals surface area contributed by atoms with Gasteiger partial charge in [0.1, 0.15) is 5.75 Å². The summed E-state index contributed by atoms with van der Waals surface area (Å²) in [5.41, 5.74) is 0.851. The zero-order valence-electron chi connectivity index (χ0n) is 14.5. The topological polar surface area (TPSA) is 46.6 Å². The van der Waals surface area contributed by atoms with Gasteiger partial charge in [0.2, 0.25) is 10.0 Å². The Morgan fingerprint density at radius 1 is 1.28 bits per heavy atom. The van der Waals surface area contributed by atoms with Crippen LogP contribution in [-0.2, 0) is 10.0 Å². The minimum absolute atomic E-state index is 0.355. The van der Waals surface area contributed by atoms with Crippen LogP contribution in [0.4, 0.5) is 0 Å². The lowest BCUT2D eigenvalue weighted by Gasteiger charge is -2.20. The van der Waals surface area contributed by atoms with Gasteiger partial charge in [-0.3, -0.25) is 0 Å². The minimum Gasteiger partial charge on any atom is -0.494 e. The van der Waals surface area contributed by atoms with Gasteiger partial charge in [-0.2, -0.15) is 16.1 Å². The van der Waals surface area contributed by atoms with Gasteiger partial charge in [-0.1, -0.05) is 6.07 Å². The molecule has 1 saturated heterocycles. The van der Waals surface area contributed by atoms with Crippen molar-refractivity contribution in [2.24, 2.45) is 0 Å². The average Bonchev–Trinajstić information content (AvgIpc) is 3.00. The van der Waals surface area contributed by atoms with Crippen LogP contribution in [0.3, 0.4) is 0 Å². The lowest BCUT2D eigenvalue weighted by atomic mass is 10.2. The fraction of sp³-hybridized carbons (Fsp3) is 0.444. The van der Waals surface area contributed by atoms with E-state index < -0.39 is 10.0 Å². The van der Waals surface area contributed by atoms with Gasteiger partial charge in [0, 0.05) is 29.0 Å². The smallest absolute Gasteiger partial charge is 0.243 e. The van der Waals surface area contributed by atoms with Gasteiger partial charge < -0.3 is 4.74 Å². The van der Waals surface area contributed by atoms with Crippen molar-refractivity contribution in [1.29, 1.82) is 0 Å². The number of thioether (sulfide) groups is 1. The van der Waals surface area contributed by atoms with Crippen molar-refractivity contribution < 1.29 is 13.2 Å². The molecule has 1 unspecified atom stereocenters. The molecule has 1 aliphatic heterocycles. The van der Waals surface area contributed by atoms with E-state index in [1.807, 2.05) is 25.6 Å². The van der Waals surface area contributed by atoms with Gasteiger partial charge in [0.15, 0.2) is 0 Å². The number of thiophene rings is 1. The Morgan fingerprint density at radius 2 is 2.12 bits per heavy atom. The Hall–Kier alpha value is -1.02. The van der Waals surface area contributed by atoms with Gasteiger partial charge in [0.25, 0.3) is 0 Å². The second kappa shape index (κ2) is 8.12. The van der Waals surface area contributed by atoms with E-state index in [4.69, 9.17) is 4.74 Å². The molecule has 1 aromatic heterocycles. The van der Waals surface area contributed by atoms with Crippen molar-refractivity contribution in [2.45, 2.75) is 30.4 Å². The van der Waals surface area contributed by atoms with E-state index in [2.05, 4.69) is 17.5 Å². The largest absolute Gasteiger partial charge is 0.494 e. The number of hydrogen-bond acceptors (Lipinski definition) is 5. The quantitative estimate of drug-likeness (QED) is 0.754. The van der Waals surface area contributed by atoms with E-state index in [9.17, 15) is 8.42 Å². The molecule has 3 rings (SSSR count). The number of rotatable bonds is 5. The van der Waals surface area contributed by atoms with Crippen molar-refractivity contribution >= 4 is 33.1 Å². The van der Waals surface area contributed by atoms with Crippen LogP contribution in [0.15, 0.2) is 40.6 Å². The van der Waals surface area contributed by atoms with Gasteiger partial charge in [-0.15, -0.1) is 11.3 Å². The van der Waals surface area contributed by atoms with Crippen molar-refractivity contribution in [3.63, 3.8) is 0 Å². The first-order valence-corrected chi connectivity index (χ1v) is 11.8. The first-order valence-electron chi connectivity index (χ1n) is 8.41. The summed E-state index contributed by atoms with van der Waals surface area (Å²) in [5, 5.41) is 2.47. The van der Waals surface area contributed by atoms with Crippen molar-refractivity contribution in [3.05, 3.63) is 46.2 Å². The van der Waals surface area contributed by atoms with Crippen molar-refractivity contribution in [3.8, 4) is 5.75 Å². The second-order valence-electron chi connectivity index (χ2n) is 5.93. The van der Waals surface area contributed by atoms with Crippen LogP contribution in [0, 0.1) is 6.92 Å². The van der Waals surface area contributed by atoms with E-state index in [0.29, 0.717) is 29.8 Å². The predicted octanol–water partition coefficient (Wildman–Crippen LogP) is 4.32. The van der Waals surface area contributed by atoms with Gasteiger partial charge in [0.05, 0.1) is 11.5 Å². The molecule has 136 valence electrons. The summed E-state index contributed by atoms with van der Waals surface area (Å²) in [5.74, 6) is 1.56. The average molecular weight is 398 g/mol. The van der Waals surface area contributed by atoms with E-state index in [1.165, 1.54) is 4.88 Å². The molecule has 0 saturated carbocycles. The highest BCUT2D eigenvalue weighted by Crippen LogP contribution is 2.37. The number of nitrogens with zero attached hydrogens (tertiary/aromatic N) is 1. The molecule has 25 heavy (non-hydrogen) atoms. The lowest BCUT2D eigenvalue weighted by molar-refractivity contribution is 0.337. The highest BCUT2D eigenvalue weighted by atomic mass is 32.2. The number of hydrogen-bond donors (Lipinski definition) is 0. The molecule has 0 N–H and O–H groups in total. The third-order valence-electron chi connectivity index (χ3n) is 4.24. The standard InChI is InChI=1S/C18H23NO3S3/c1-3-22-16-7-6-15(13-14(16)2)25(20,21)19-9-8-18(24-12-10-19)17-5-4-11-23-17/h4-7,11,13,18H,3,8-10,12H2,1-2H3. The molecule has 1 atom stereocenters. The maximum atomic E-state index is 13.0. The molecule has 4 nitrogen and oxygen atoms in total. The van der Waals surface area contributed by atoms with Gasteiger partial charge >= 0.3 is 0 Å². The number of aryl methyl sites for hydroxylation is 1. The third kappa shape index (κ3) is 4.22. The van der Waals surface area contributed by atoms with E-state index in [0.717, 1.165) is 23.5 Å². The first-order chi connectivity index (χ1) is 12.0. The summed E-state index contributed by atoms with van der Waals surface area (Å²) < 4.78 is 33.2. The van der Waals surface area contributed by atoms with Crippen LogP contribution in [0.25, 0.3) is 0 Å². The normalized spacial score (nSPS) is 19.5. The molecule has 1 aromatic carbocycles. The van der Waals surface area contributed by atoms with Gasteiger partial charge in [-0.25, -0.2) is 8.42 Å². The molecule has 0 amide bonds. The van der Waals surface area contributed by atoms with E-state index >= 15 is 0 Å². The van der Waals surface area contributed by atoms with Crippen LogP contribution in [0.2, 0.25) is 0 Å². The van der Waals surface area contributed by atoms with Crippen LogP contribution in [0.1, 0.15) is 29.0 Å². The number of benzene rings is 1. The summed E-state index contributed by atoms with van der Waals surface area (Å²) in [6.45, 7) is 5.49. The van der Waals surface area contributed by atoms with E-state index in [1.54, 1.807) is 33.8 Å². The molecule has 2 heterocycles. The Kier molecular flexibility index (Phi) is 6.09. The zero-order chi connectivity index (χ0) is 17.9. The minimum atomic E-state index is -3.46. The maximum absolute atomic E-state index is 13.0. The molecule has 0 spiro atoms. The first kappa shape index (κ1) is 18.8. The Morgan fingerprint density at radius 3 is 2.80 bits per heavy atom. The van der Waals surface area contributed by atoms with Crippen molar-refractivity contribution in [2.75, 3.05) is 25.4 Å². The van der Waals surface area contributed by atoms with Crippen LogP contribution in [-0.4, -0.2) is 38.2 Å². The molecule has 2 aromatic rings. The molecular formula is C18H23NO3S3. The van der Waals surface area contributed by atoms with E-state index in [-0.39, 0.29) is 0 Å². The van der Waals surface area contributed by atoms with Crippen LogP contribution in [0.5, 0.6) is 5.75 Å². The zero-order valence-corrected chi connectivity index (χ0v) is 16.9. The second-order valence-corrected chi connectivity index (χ2v) is 10.2. The van der Waals surface area contributed by atoms with Crippen LogP contribution >= 0.6 is 23.1 Å². The Bertz CT molecular complexity index is 803. The molecule has 1 fully saturated rings. The summed E-state index contributed by atoms with van der Waals surface area (Å²) in [6.07, 6.45) is 0.848. The van der Waals surface area contributed by atoms with Gasteiger partial charge in [-0.05, 0) is 55.5 Å².